The van der Waals surface area contributed by atoms with Gasteiger partial charge in [0.25, 0.3) is 10.0 Å². The topological polar surface area (TPSA) is 105 Å². The Morgan fingerprint density at radius 1 is 1.27 bits per heavy atom. The predicted octanol–water partition coefficient (Wildman–Crippen LogP) is 2.12. The van der Waals surface area contributed by atoms with Gasteiger partial charge in [-0.05, 0) is 41.5 Å². The van der Waals surface area contributed by atoms with Crippen LogP contribution in [0.5, 0.6) is 5.75 Å². The van der Waals surface area contributed by atoms with Gasteiger partial charge in [-0.25, -0.2) is 18.4 Å². The molecule has 0 saturated heterocycles. The summed E-state index contributed by atoms with van der Waals surface area (Å²) in [5.74, 6) is 0.148. The summed E-state index contributed by atoms with van der Waals surface area (Å²) in [6, 6.07) is 9.79. The Morgan fingerprint density at radius 3 is 2.77 bits per heavy atom. The molecule has 0 radical (unpaired) electrons. The molecule has 0 atom stereocenters. The Hall–Kier alpha value is -1.96. The molecule has 0 aliphatic carbocycles. The van der Waals surface area contributed by atoms with Gasteiger partial charge in [0.1, 0.15) is 17.8 Å². The smallest absolute Gasteiger partial charge is 0.268 e. The van der Waals surface area contributed by atoms with Crippen LogP contribution in [0.1, 0.15) is 5.56 Å². The van der Waals surface area contributed by atoms with Crippen LogP contribution in [0.15, 0.2) is 35.2 Å². The van der Waals surface area contributed by atoms with Crippen LogP contribution in [0.3, 0.4) is 0 Å². The van der Waals surface area contributed by atoms with Crippen molar-refractivity contribution in [2.45, 2.75) is 11.8 Å². The van der Waals surface area contributed by atoms with E-state index in [1.54, 1.807) is 19.1 Å². The number of rotatable bonds is 4. The number of aromatic hydroxyl groups is 1. The normalized spacial score (nSPS) is 11.0. The van der Waals surface area contributed by atoms with Crippen molar-refractivity contribution in [1.82, 2.24) is 4.72 Å². The zero-order valence-corrected chi connectivity index (χ0v) is 12.9. The van der Waals surface area contributed by atoms with E-state index in [-0.39, 0.29) is 10.6 Å². The van der Waals surface area contributed by atoms with E-state index >= 15 is 0 Å². The van der Waals surface area contributed by atoms with E-state index in [0.29, 0.717) is 23.0 Å². The first-order valence-corrected chi connectivity index (χ1v) is 8.06. The average molecular weight is 341 g/mol. The van der Waals surface area contributed by atoms with Gasteiger partial charge >= 0.3 is 0 Å². The fourth-order valence-corrected chi connectivity index (χ4v) is 2.87. The molecule has 7 nitrogen and oxygen atoms in total. The molecule has 2 aromatic rings. The number of hydrogen-bond donors (Lipinski definition) is 3. The highest BCUT2D eigenvalue weighted by Crippen LogP contribution is 2.27. The number of aryl methyl sites for hydroxylation is 1. The number of sulfonamides is 1. The molecule has 0 aliphatic rings. The van der Waals surface area contributed by atoms with Crippen LogP contribution in [-0.4, -0.2) is 18.8 Å². The predicted molar refractivity (Wildman–Crippen MR) is 80.8 cm³/mol. The molecule has 3 N–H and O–H groups in total. The van der Waals surface area contributed by atoms with Crippen LogP contribution >= 0.6 is 12.0 Å². The van der Waals surface area contributed by atoms with Gasteiger partial charge in [0.2, 0.25) is 0 Å². The lowest BCUT2D eigenvalue weighted by molar-refractivity contribution is -0.431. The maximum absolute atomic E-state index is 12.1. The summed E-state index contributed by atoms with van der Waals surface area (Å²) in [5, 5.41) is 24.5. The highest BCUT2D eigenvalue weighted by molar-refractivity contribution is 7.99. The standard InChI is InChI=1S/C13H11NO6S2/c1-9-12-4-3-11(8-10(12)2-5-13(9)15)22(17,18)14-6-7-21-20-19-16/h2-5,8,14-16H,1H3. The average Bonchev–Trinajstić information content (AvgIpc) is 2.50. The minimum atomic E-state index is -3.82. The lowest BCUT2D eigenvalue weighted by atomic mass is 10.1. The van der Waals surface area contributed by atoms with Gasteiger partial charge in [0.05, 0.1) is 4.90 Å². The number of phenols is 1. The van der Waals surface area contributed by atoms with Crippen molar-refractivity contribution in [2.75, 3.05) is 0 Å². The molecular weight excluding hydrogens is 330 g/mol. The molecule has 0 amide bonds. The highest BCUT2D eigenvalue weighted by Gasteiger charge is 2.13. The molecule has 0 spiro atoms. The molecule has 0 heterocycles. The molecule has 9 heteroatoms. The molecule has 2 aromatic carbocycles. The van der Waals surface area contributed by atoms with E-state index in [1.165, 1.54) is 18.2 Å². The summed E-state index contributed by atoms with van der Waals surface area (Å²) in [6.45, 7) is 1.75. The van der Waals surface area contributed by atoms with Crippen molar-refractivity contribution in [2.24, 2.45) is 0 Å². The van der Waals surface area contributed by atoms with Crippen molar-refractivity contribution in [3.63, 3.8) is 0 Å². The zero-order chi connectivity index (χ0) is 16.2. The van der Waals surface area contributed by atoms with Crippen LogP contribution in [0, 0.1) is 18.2 Å². The van der Waals surface area contributed by atoms with Gasteiger partial charge in [-0.2, -0.15) is 0 Å². The van der Waals surface area contributed by atoms with Crippen molar-refractivity contribution < 1.29 is 28.2 Å². The first kappa shape index (κ1) is 16.4. The number of hydrogen-bond acceptors (Lipinski definition) is 7. The van der Waals surface area contributed by atoms with Crippen LogP contribution in [0.4, 0.5) is 0 Å². The van der Waals surface area contributed by atoms with E-state index in [0.717, 1.165) is 5.39 Å². The first-order valence-electron chi connectivity index (χ1n) is 5.83. The van der Waals surface area contributed by atoms with E-state index in [2.05, 4.69) is 20.7 Å². The second-order valence-electron chi connectivity index (χ2n) is 4.15. The van der Waals surface area contributed by atoms with Crippen LogP contribution < -0.4 is 4.72 Å². The van der Waals surface area contributed by atoms with Gasteiger partial charge in [-0.3, -0.25) is 0 Å². The van der Waals surface area contributed by atoms with Crippen LogP contribution in [0.25, 0.3) is 10.8 Å². The third kappa shape index (κ3) is 3.62. The Morgan fingerprint density at radius 2 is 2.05 bits per heavy atom. The van der Waals surface area contributed by atoms with Crippen molar-refractivity contribution in [3.05, 3.63) is 35.9 Å². The Kier molecular flexibility index (Phi) is 5.12. The number of phenolic OH excluding ortho intramolecular Hbond substituents is 1. The molecular formula is C13H11NO6S2. The van der Waals surface area contributed by atoms with Gasteiger partial charge in [0, 0.05) is 11.3 Å². The fourth-order valence-electron chi connectivity index (χ4n) is 1.82. The SMILES string of the molecule is Cc1c(O)ccc2cc(S(=O)(=O)NC#CSOOO)ccc12. The quantitative estimate of drug-likeness (QED) is 0.195. The van der Waals surface area contributed by atoms with Gasteiger partial charge in [0.15, 0.2) is 0 Å². The summed E-state index contributed by atoms with van der Waals surface area (Å²) in [5.41, 5.74) is 0.673. The number of benzene rings is 2. The molecule has 0 fully saturated rings. The van der Waals surface area contributed by atoms with Gasteiger partial charge in [-0.15, -0.1) is 4.33 Å². The first-order chi connectivity index (χ1) is 10.5. The van der Waals surface area contributed by atoms with Crippen molar-refractivity contribution in [1.29, 1.82) is 0 Å². The Balaban J connectivity index is 2.29. The Bertz CT molecular complexity index is 854. The maximum atomic E-state index is 12.1. The monoisotopic (exact) mass is 341 g/mol. The lowest BCUT2D eigenvalue weighted by Gasteiger charge is -2.07. The molecule has 0 unspecified atom stereocenters. The van der Waals surface area contributed by atoms with E-state index in [9.17, 15) is 13.5 Å². The summed E-state index contributed by atoms with van der Waals surface area (Å²) >= 11 is 0.407. The molecule has 22 heavy (non-hydrogen) atoms. The third-order valence-corrected chi connectivity index (χ3v) is 4.44. The summed E-state index contributed by atoms with van der Waals surface area (Å²) in [6.07, 6.45) is 0. The fraction of sp³-hybridized carbons (Fsp3) is 0.0769. The molecule has 0 bridgehead atoms. The van der Waals surface area contributed by atoms with E-state index in [4.69, 9.17) is 5.26 Å². The molecule has 0 aromatic heterocycles. The van der Waals surface area contributed by atoms with Crippen molar-refractivity contribution in [3.8, 4) is 17.0 Å². The summed E-state index contributed by atoms with van der Waals surface area (Å²) in [7, 11) is -3.82. The zero-order valence-electron chi connectivity index (χ0n) is 11.2. The minimum absolute atomic E-state index is 0.0312. The molecule has 116 valence electrons. The molecule has 0 saturated carbocycles. The number of fused-ring (bicyclic) bond motifs is 1. The largest absolute Gasteiger partial charge is 0.508 e. The minimum Gasteiger partial charge on any atom is -0.508 e. The highest BCUT2D eigenvalue weighted by atomic mass is 32.2. The molecule has 2 rings (SSSR count). The molecule has 0 aliphatic heterocycles. The van der Waals surface area contributed by atoms with E-state index in [1.807, 2.05) is 4.72 Å². The second kappa shape index (κ2) is 6.87. The third-order valence-electron chi connectivity index (χ3n) is 2.88. The van der Waals surface area contributed by atoms with Crippen LogP contribution in [-0.2, 0) is 19.4 Å². The van der Waals surface area contributed by atoms with Crippen molar-refractivity contribution >= 4 is 32.8 Å². The Labute approximate surface area is 131 Å². The summed E-state index contributed by atoms with van der Waals surface area (Å²) in [4.78, 5) is 0.0312. The van der Waals surface area contributed by atoms with E-state index < -0.39 is 10.0 Å². The lowest BCUT2D eigenvalue weighted by Crippen LogP contribution is -2.18. The maximum Gasteiger partial charge on any atom is 0.268 e. The number of nitrogens with one attached hydrogen (secondary N) is 1. The van der Waals surface area contributed by atoms with Gasteiger partial charge < -0.3 is 5.11 Å². The van der Waals surface area contributed by atoms with Crippen LogP contribution in [0.2, 0.25) is 0 Å². The van der Waals surface area contributed by atoms with Gasteiger partial charge in [-0.1, -0.05) is 17.2 Å². The summed E-state index contributed by atoms with van der Waals surface area (Å²) < 4.78 is 30.2. The second-order valence-corrected chi connectivity index (χ2v) is 6.34.